The first-order valence-corrected chi connectivity index (χ1v) is 6.51. The van der Waals surface area contributed by atoms with Gasteiger partial charge in [0.1, 0.15) is 5.75 Å². The number of aryl methyl sites for hydroxylation is 1. The standard InChI is InChI=1S/C15H23NO2/c1-12(2)11-16-15(17)6-4-5-13-7-9-14(18-3)10-8-13/h7-10,12H,4-6,11H2,1-3H3,(H,16,17). The van der Waals surface area contributed by atoms with Crippen molar-refractivity contribution in [2.24, 2.45) is 5.92 Å². The summed E-state index contributed by atoms with van der Waals surface area (Å²) in [5, 5.41) is 2.93. The first-order chi connectivity index (χ1) is 8.61. The summed E-state index contributed by atoms with van der Waals surface area (Å²) in [6.07, 6.45) is 2.41. The fraction of sp³-hybridized carbons (Fsp3) is 0.533. The second kappa shape index (κ2) is 7.75. The minimum atomic E-state index is 0.150. The zero-order valence-electron chi connectivity index (χ0n) is 11.5. The van der Waals surface area contributed by atoms with Crippen molar-refractivity contribution >= 4 is 5.91 Å². The molecule has 0 radical (unpaired) electrons. The molecule has 0 heterocycles. The molecule has 0 aliphatic rings. The van der Waals surface area contributed by atoms with Crippen molar-refractivity contribution < 1.29 is 9.53 Å². The zero-order chi connectivity index (χ0) is 13.4. The second-order valence-corrected chi connectivity index (χ2v) is 4.90. The average Bonchev–Trinajstić information content (AvgIpc) is 2.37. The molecule has 18 heavy (non-hydrogen) atoms. The van der Waals surface area contributed by atoms with Gasteiger partial charge in [-0.1, -0.05) is 26.0 Å². The molecule has 0 aromatic heterocycles. The number of carbonyl (C=O) groups is 1. The third-order valence-corrected chi connectivity index (χ3v) is 2.74. The predicted molar refractivity (Wildman–Crippen MR) is 73.8 cm³/mol. The number of methoxy groups -OCH3 is 1. The Kier molecular flexibility index (Phi) is 6.26. The number of hydrogen-bond acceptors (Lipinski definition) is 2. The van der Waals surface area contributed by atoms with E-state index >= 15 is 0 Å². The summed E-state index contributed by atoms with van der Waals surface area (Å²) >= 11 is 0. The van der Waals surface area contributed by atoms with Crippen molar-refractivity contribution in [3.05, 3.63) is 29.8 Å². The SMILES string of the molecule is COc1ccc(CCCC(=O)NCC(C)C)cc1. The van der Waals surface area contributed by atoms with Crippen molar-refractivity contribution in [3.8, 4) is 5.75 Å². The van der Waals surface area contributed by atoms with Gasteiger partial charge in [-0.15, -0.1) is 0 Å². The molecule has 0 spiro atoms. The summed E-state index contributed by atoms with van der Waals surface area (Å²) in [4.78, 5) is 11.5. The zero-order valence-corrected chi connectivity index (χ0v) is 11.5. The molecule has 100 valence electrons. The summed E-state index contributed by atoms with van der Waals surface area (Å²) < 4.78 is 5.10. The van der Waals surface area contributed by atoms with E-state index in [0.29, 0.717) is 12.3 Å². The van der Waals surface area contributed by atoms with Crippen LogP contribution in [-0.4, -0.2) is 19.6 Å². The summed E-state index contributed by atoms with van der Waals surface area (Å²) in [6.45, 7) is 4.96. The number of amides is 1. The maximum Gasteiger partial charge on any atom is 0.220 e. The Hall–Kier alpha value is -1.51. The molecular formula is C15H23NO2. The predicted octanol–water partition coefficient (Wildman–Crippen LogP) is 2.79. The largest absolute Gasteiger partial charge is 0.497 e. The fourth-order valence-electron chi connectivity index (χ4n) is 1.65. The molecular weight excluding hydrogens is 226 g/mol. The van der Waals surface area contributed by atoms with Crippen LogP contribution in [0.15, 0.2) is 24.3 Å². The first-order valence-electron chi connectivity index (χ1n) is 6.51. The Bertz CT molecular complexity index is 357. The third kappa shape index (κ3) is 5.71. The molecule has 1 aromatic carbocycles. The highest BCUT2D eigenvalue weighted by atomic mass is 16.5. The van der Waals surface area contributed by atoms with Crippen LogP contribution in [0.1, 0.15) is 32.3 Å². The molecule has 3 heteroatoms. The van der Waals surface area contributed by atoms with Crippen LogP contribution < -0.4 is 10.1 Å². The molecule has 0 atom stereocenters. The van der Waals surface area contributed by atoms with Crippen LogP contribution in [0.3, 0.4) is 0 Å². The highest BCUT2D eigenvalue weighted by Crippen LogP contribution is 2.13. The molecule has 3 nitrogen and oxygen atoms in total. The third-order valence-electron chi connectivity index (χ3n) is 2.74. The lowest BCUT2D eigenvalue weighted by atomic mass is 10.1. The Balaban J connectivity index is 2.22. The summed E-state index contributed by atoms with van der Waals surface area (Å²) in [6, 6.07) is 8.00. The lowest BCUT2D eigenvalue weighted by Crippen LogP contribution is -2.27. The number of benzene rings is 1. The van der Waals surface area contributed by atoms with Gasteiger partial charge >= 0.3 is 0 Å². The second-order valence-electron chi connectivity index (χ2n) is 4.90. The van der Waals surface area contributed by atoms with Gasteiger partial charge in [-0.25, -0.2) is 0 Å². The number of carbonyl (C=O) groups excluding carboxylic acids is 1. The van der Waals surface area contributed by atoms with Gasteiger partial charge in [-0.05, 0) is 36.5 Å². The van der Waals surface area contributed by atoms with Gasteiger partial charge in [0.15, 0.2) is 0 Å². The van der Waals surface area contributed by atoms with E-state index in [9.17, 15) is 4.79 Å². The number of hydrogen-bond donors (Lipinski definition) is 1. The van der Waals surface area contributed by atoms with Crippen LogP contribution in [-0.2, 0) is 11.2 Å². The van der Waals surface area contributed by atoms with Crippen molar-refractivity contribution in [1.82, 2.24) is 5.32 Å². The van der Waals surface area contributed by atoms with Gasteiger partial charge in [0, 0.05) is 13.0 Å². The molecule has 0 aliphatic carbocycles. The first kappa shape index (κ1) is 14.6. The molecule has 0 aliphatic heterocycles. The van der Waals surface area contributed by atoms with E-state index in [1.165, 1.54) is 5.56 Å². The monoisotopic (exact) mass is 249 g/mol. The number of ether oxygens (including phenoxy) is 1. The topological polar surface area (TPSA) is 38.3 Å². The van der Waals surface area contributed by atoms with E-state index in [-0.39, 0.29) is 5.91 Å². The van der Waals surface area contributed by atoms with Crippen molar-refractivity contribution in [3.63, 3.8) is 0 Å². The normalized spacial score (nSPS) is 10.4. The maximum atomic E-state index is 11.5. The van der Waals surface area contributed by atoms with Gasteiger partial charge in [-0.3, -0.25) is 4.79 Å². The van der Waals surface area contributed by atoms with E-state index in [2.05, 4.69) is 19.2 Å². The van der Waals surface area contributed by atoms with Crippen LogP contribution in [0.2, 0.25) is 0 Å². The minimum Gasteiger partial charge on any atom is -0.497 e. The van der Waals surface area contributed by atoms with Crippen LogP contribution in [0.4, 0.5) is 0 Å². The van der Waals surface area contributed by atoms with Crippen LogP contribution in [0, 0.1) is 5.92 Å². The maximum absolute atomic E-state index is 11.5. The molecule has 1 rings (SSSR count). The lowest BCUT2D eigenvalue weighted by Gasteiger charge is -2.07. The quantitative estimate of drug-likeness (QED) is 0.807. The molecule has 0 saturated carbocycles. The number of rotatable bonds is 7. The van der Waals surface area contributed by atoms with E-state index < -0.39 is 0 Å². The van der Waals surface area contributed by atoms with E-state index in [4.69, 9.17) is 4.74 Å². The molecule has 1 aromatic rings. The van der Waals surface area contributed by atoms with Crippen LogP contribution in [0.5, 0.6) is 5.75 Å². The Labute approximate surface area is 110 Å². The Morgan fingerprint density at radius 3 is 2.50 bits per heavy atom. The Morgan fingerprint density at radius 1 is 1.28 bits per heavy atom. The molecule has 0 saturated heterocycles. The van der Waals surface area contributed by atoms with Crippen molar-refractivity contribution in [2.75, 3.05) is 13.7 Å². The molecule has 1 amide bonds. The smallest absolute Gasteiger partial charge is 0.220 e. The van der Waals surface area contributed by atoms with Crippen LogP contribution >= 0.6 is 0 Å². The highest BCUT2D eigenvalue weighted by molar-refractivity contribution is 5.75. The van der Waals surface area contributed by atoms with Gasteiger partial charge in [0.25, 0.3) is 0 Å². The van der Waals surface area contributed by atoms with Gasteiger partial charge in [0.2, 0.25) is 5.91 Å². The highest BCUT2D eigenvalue weighted by Gasteiger charge is 2.02. The van der Waals surface area contributed by atoms with Crippen LogP contribution in [0.25, 0.3) is 0 Å². The van der Waals surface area contributed by atoms with Crippen molar-refractivity contribution in [2.45, 2.75) is 33.1 Å². The summed E-state index contributed by atoms with van der Waals surface area (Å²) in [7, 11) is 1.66. The van der Waals surface area contributed by atoms with E-state index in [1.54, 1.807) is 7.11 Å². The molecule has 1 N–H and O–H groups in total. The summed E-state index contributed by atoms with van der Waals surface area (Å²) in [5.74, 6) is 1.53. The van der Waals surface area contributed by atoms with E-state index in [1.807, 2.05) is 24.3 Å². The lowest BCUT2D eigenvalue weighted by molar-refractivity contribution is -0.121. The molecule has 0 fully saturated rings. The van der Waals surface area contributed by atoms with Gasteiger partial charge in [-0.2, -0.15) is 0 Å². The van der Waals surface area contributed by atoms with E-state index in [0.717, 1.165) is 25.1 Å². The Morgan fingerprint density at radius 2 is 1.94 bits per heavy atom. The van der Waals surface area contributed by atoms with Crippen molar-refractivity contribution in [1.29, 1.82) is 0 Å². The van der Waals surface area contributed by atoms with Gasteiger partial charge < -0.3 is 10.1 Å². The van der Waals surface area contributed by atoms with Gasteiger partial charge in [0.05, 0.1) is 7.11 Å². The molecule has 0 unspecified atom stereocenters. The average molecular weight is 249 g/mol. The number of nitrogens with one attached hydrogen (secondary N) is 1. The summed E-state index contributed by atoms with van der Waals surface area (Å²) in [5.41, 5.74) is 1.24. The minimum absolute atomic E-state index is 0.150. The fourth-order valence-corrected chi connectivity index (χ4v) is 1.65. The molecule has 0 bridgehead atoms.